The Hall–Kier alpha value is -2.64. The average Bonchev–Trinajstić information content (AvgIpc) is 3.18. The number of halogens is 1. The van der Waals surface area contributed by atoms with E-state index in [4.69, 9.17) is 21.1 Å². The van der Waals surface area contributed by atoms with Crippen LogP contribution >= 0.6 is 22.9 Å². The van der Waals surface area contributed by atoms with E-state index in [1.54, 1.807) is 13.2 Å². The monoisotopic (exact) mass is 445 g/mol. The number of amides is 1. The summed E-state index contributed by atoms with van der Waals surface area (Å²) in [5, 5.41) is 13.1. The van der Waals surface area contributed by atoms with E-state index in [0.29, 0.717) is 29.6 Å². The van der Waals surface area contributed by atoms with Crippen molar-refractivity contribution in [1.82, 2.24) is 10.2 Å². The Kier molecular flexibility index (Phi) is 8.04. The second-order valence-corrected chi connectivity index (χ2v) is 8.26. The van der Waals surface area contributed by atoms with Gasteiger partial charge in [-0.2, -0.15) is 0 Å². The zero-order valence-corrected chi connectivity index (χ0v) is 18.6. The van der Waals surface area contributed by atoms with Gasteiger partial charge in [0, 0.05) is 17.9 Å². The molecule has 0 aliphatic rings. The summed E-state index contributed by atoms with van der Waals surface area (Å²) < 4.78 is 10.9. The maximum atomic E-state index is 12.1. The number of ether oxygens (including phenoxy) is 2. The van der Waals surface area contributed by atoms with E-state index in [-0.39, 0.29) is 5.91 Å². The molecule has 0 aliphatic carbocycles. The molecule has 2 aromatic carbocycles. The van der Waals surface area contributed by atoms with Crippen molar-refractivity contribution in [2.45, 2.75) is 32.6 Å². The largest absolute Gasteiger partial charge is 0.497 e. The minimum atomic E-state index is -0.0933. The average molecular weight is 446 g/mol. The summed E-state index contributed by atoms with van der Waals surface area (Å²) in [5.74, 6) is 1.53. The number of nitrogens with zero attached hydrogens (tertiary/aromatic N) is 2. The SMILES string of the molecule is COc1ccc(CCc2nnc(NC(=O)CCCOc3ccc(Cl)cc3C)s2)cc1. The van der Waals surface area contributed by atoms with E-state index in [2.05, 4.69) is 15.5 Å². The summed E-state index contributed by atoms with van der Waals surface area (Å²) in [6.07, 6.45) is 2.59. The van der Waals surface area contributed by atoms with Gasteiger partial charge in [0.2, 0.25) is 11.0 Å². The van der Waals surface area contributed by atoms with Crippen LogP contribution in [0.15, 0.2) is 42.5 Å². The molecule has 0 aliphatic heterocycles. The van der Waals surface area contributed by atoms with Crippen molar-refractivity contribution in [3.8, 4) is 11.5 Å². The van der Waals surface area contributed by atoms with Gasteiger partial charge >= 0.3 is 0 Å². The first-order chi connectivity index (χ1) is 14.5. The lowest BCUT2D eigenvalue weighted by Gasteiger charge is -2.09. The van der Waals surface area contributed by atoms with Gasteiger partial charge in [0.05, 0.1) is 13.7 Å². The van der Waals surface area contributed by atoms with Crippen molar-refractivity contribution in [2.75, 3.05) is 19.0 Å². The number of rotatable bonds is 10. The summed E-state index contributed by atoms with van der Waals surface area (Å²) in [6, 6.07) is 13.4. The maximum Gasteiger partial charge on any atom is 0.226 e. The first-order valence-corrected chi connectivity index (χ1v) is 10.9. The predicted octanol–water partition coefficient (Wildman–Crippen LogP) is 5.09. The molecule has 158 valence electrons. The molecule has 0 fully saturated rings. The van der Waals surface area contributed by atoms with Gasteiger partial charge in [0.15, 0.2) is 0 Å². The quantitative estimate of drug-likeness (QED) is 0.440. The second kappa shape index (κ2) is 10.9. The number of aryl methyl sites for hydroxylation is 3. The Labute approximate surface area is 185 Å². The molecule has 0 atom stereocenters. The molecular formula is C22H24ClN3O3S. The third kappa shape index (κ3) is 6.71. The first-order valence-electron chi connectivity index (χ1n) is 9.67. The molecule has 6 nitrogen and oxygen atoms in total. The summed E-state index contributed by atoms with van der Waals surface area (Å²) in [6.45, 7) is 2.40. The molecule has 0 saturated carbocycles. The van der Waals surface area contributed by atoms with Gasteiger partial charge in [0.25, 0.3) is 0 Å². The van der Waals surface area contributed by atoms with Gasteiger partial charge in [0.1, 0.15) is 16.5 Å². The van der Waals surface area contributed by atoms with E-state index in [9.17, 15) is 4.79 Å². The van der Waals surface area contributed by atoms with Crippen LogP contribution in [0.4, 0.5) is 5.13 Å². The highest BCUT2D eigenvalue weighted by Gasteiger charge is 2.09. The summed E-state index contributed by atoms with van der Waals surface area (Å²) in [7, 11) is 1.65. The molecule has 0 unspecified atom stereocenters. The number of hydrogen-bond donors (Lipinski definition) is 1. The van der Waals surface area contributed by atoms with Crippen LogP contribution in [0, 0.1) is 6.92 Å². The molecular weight excluding hydrogens is 422 g/mol. The van der Waals surface area contributed by atoms with Gasteiger partial charge in [-0.15, -0.1) is 10.2 Å². The van der Waals surface area contributed by atoms with E-state index in [0.717, 1.165) is 34.9 Å². The van der Waals surface area contributed by atoms with Crippen molar-refractivity contribution >= 4 is 34.0 Å². The highest BCUT2D eigenvalue weighted by Crippen LogP contribution is 2.22. The third-order valence-corrected chi connectivity index (χ3v) is 5.58. The molecule has 1 N–H and O–H groups in total. The van der Waals surface area contributed by atoms with Crippen molar-refractivity contribution in [1.29, 1.82) is 0 Å². The van der Waals surface area contributed by atoms with Crippen molar-refractivity contribution in [2.24, 2.45) is 0 Å². The standard InChI is InChI=1S/C22H24ClN3O3S/c1-15-14-17(23)8-11-19(15)29-13-3-4-20(27)24-22-26-25-21(30-22)12-7-16-5-9-18(28-2)10-6-16/h5-6,8-11,14H,3-4,7,12-13H2,1-2H3,(H,24,26,27). The molecule has 1 amide bonds. The molecule has 3 rings (SSSR count). The summed E-state index contributed by atoms with van der Waals surface area (Å²) in [5.41, 5.74) is 2.18. The Morgan fingerprint density at radius 3 is 2.67 bits per heavy atom. The fourth-order valence-electron chi connectivity index (χ4n) is 2.82. The van der Waals surface area contributed by atoms with Gasteiger partial charge in [-0.25, -0.2) is 0 Å². The maximum absolute atomic E-state index is 12.1. The highest BCUT2D eigenvalue weighted by molar-refractivity contribution is 7.15. The molecule has 0 saturated heterocycles. The van der Waals surface area contributed by atoms with Gasteiger partial charge in [-0.05, 0) is 61.2 Å². The zero-order valence-electron chi connectivity index (χ0n) is 17.0. The van der Waals surface area contributed by atoms with Crippen LogP contribution in [0.5, 0.6) is 11.5 Å². The lowest BCUT2D eigenvalue weighted by molar-refractivity contribution is -0.116. The Bertz CT molecular complexity index is 976. The Morgan fingerprint density at radius 2 is 1.93 bits per heavy atom. The van der Waals surface area contributed by atoms with Crippen LogP contribution in [-0.2, 0) is 17.6 Å². The summed E-state index contributed by atoms with van der Waals surface area (Å²) in [4.78, 5) is 12.1. The zero-order chi connectivity index (χ0) is 21.3. The minimum Gasteiger partial charge on any atom is -0.497 e. The lowest BCUT2D eigenvalue weighted by Crippen LogP contribution is -2.12. The van der Waals surface area contributed by atoms with Crippen molar-refractivity contribution in [3.63, 3.8) is 0 Å². The molecule has 0 radical (unpaired) electrons. The van der Waals surface area contributed by atoms with Gasteiger partial charge in [-0.3, -0.25) is 4.79 Å². The summed E-state index contributed by atoms with van der Waals surface area (Å²) >= 11 is 7.34. The fraction of sp³-hybridized carbons (Fsp3) is 0.318. The van der Waals surface area contributed by atoms with Crippen molar-refractivity contribution in [3.05, 3.63) is 63.6 Å². The topological polar surface area (TPSA) is 73.3 Å². The van der Waals surface area contributed by atoms with Crippen molar-refractivity contribution < 1.29 is 14.3 Å². The molecule has 1 aromatic heterocycles. The minimum absolute atomic E-state index is 0.0933. The molecule has 30 heavy (non-hydrogen) atoms. The number of aromatic nitrogens is 2. The van der Waals surface area contributed by atoms with Crippen LogP contribution in [0.2, 0.25) is 5.02 Å². The number of hydrogen-bond acceptors (Lipinski definition) is 6. The van der Waals surface area contributed by atoms with Crippen LogP contribution in [-0.4, -0.2) is 29.8 Å². The third-order valence-electron chi connectivity index (χ3n) is 4.44. The molecule has 0 spiro atoms. The lowest BCUT2D eigenvalue weighted by atomic mass is 10.1. The number of anilines is 1. The molecule has 0 bridgehead atoms. The normalized spacial score (nSPS) is 10.6. The van der Waals surface area contributed by atoms with Gasteiger partial charge < -0.3 is 14.8 Å². The molecule has 1 heterocycles. The molecule has 3 aromatic rings. The van der Waals surface area contributed by atoms with E-state index in [1.165, 1.54) is 16.9 Å². The molecule has 8 heteroatoms. The van der Waals surface area contributed by atoms with E-state index >= 15 is 0 Å². The van der Waals surface area contributed by atoms with Crippen LogP contribution in [0.25, 0.3) is 0 Å². The Morgan fingerprint density at radius 1 is 1.13 bits per heavy atom. The van der Waals surface area contributed by atoms with Crippen LogP contribution < -0.4 is 14.8 Å². The van der Waals surface area contributed by atoms with Crippen LogP contribution in [0.3, 0.4) is 0 Å². The van der Waals surface area contributed by atoms with E-state index < -0.39 is 0 Å². The number of nitrogens with one attached hydrogen (secondary N) is 1. The number of carbonyl (C=O) groups excluding carboxylic acids is 1. The number of benzene rings is 2. The number of methoxy groups -OCH3 is 1. The van der Waals surface area contributed by atoms with Crippen LogP contribution in [0.1, 0.15) is 29.0 Å². The van der Waals surface area contributed by atoms with E-state index in [1.807, 2.05) is 43.3 Å². The fourth-order valence-corrected chi connectivity index (χ4v) is 3.80. The smallest absolute Gasteiger partial charge is 0.226 e. The predicted molar refractivity (Wildman–Crippen MR) is 120 cm³/mol. The highest BCUT2D eigenvalue weighted by atomic mass is 35.5. The Balaban J connectivity index is 1.37. The second-order valence-electron chi connectivity index (χ2n) is 6.76. The first kappa shape index (κ1) is 22.1. The van der Waals surface area contributed by atoms with Gasteiger partial charge in [-0.1, -0.05) is 35.1 Å². The number of carbonyl (C=O) groups is 1.